The van der Waals surface area contributed by atoms with Crippen molar-refractivity contribution >= 4 is 6.20 Å². The Labute approximate surface area is 64.1 Å². The van der Waals surface area contributed by atoms with Gasteiger partial charge in [0.25, 0.3) is 0 Å². The van der Waals surface area contributed by atoms with Crippen LogP contribution in [0.3, 0.4) is 0 Å². The molecule has 0 saturated carbocycles. The van der Waals surface area contributed by atoms with Gasteiger partial charge in [-0.25, -0.2) is 9.13 Å². The molecule has 0 aliphatic heterocycles. The highest BCUT2D eigenvalue weighted by molar-refractivity contribution is 5.12. The van der Waals surface area contributed by atoms with Gasteiger partial charge in [-0.05, 0) is 0 Å². The van der Waals surface area contributed by atoms with Crippen LogP contribution in [-0.4, -0.2) is 4.57 Å². The highest BCUT2D eigenvalue weighted by atomic mass is 16.6. The summed E-state index contributed by atoms with van der Waals surface area (Å²) in [4.78, 5) is 8.00. The van der Waals surface area contributed by atoms with Gasteiger partial charge in [-0.2, -0.15) is 0 Å². The van der Waals surface area contributed by atoms with Crippen LogP contribution in [0, 0.1) is 10.1 Å². The second-order valence-corrected chi connectivity index (χ2v) is 1.78. The summed E-state index contributed by atoms with van der Waals surface area (Å²) in [5, 5.41) is 9.00. The minimum atomic E-state index is 1.00. The molecule has 5 heteroatoms. The van der Waals surface area contributed by atoms with Gasteiger partial charge in [0.15, 0.2) is 0 Å². The van der Waals surface area contributed by atoms with Gasteiger partial charge >= 0.3 is 0 Å². The second kappa shape index (κ2) is 5.16. The lowest BCUT2D eigenvalue weighted by molar-refractivity contribution is -0.670. The fourth-order valence-electron chi connectivity index (χ4n) is 0.577. The van der Waals surface area contributed by atoms with E-state index in [9.17, 15) is 0 Å². The topological polar surface area (TPSA) is 61.3 Å². The van der Waals surface area contributed by atoms with E-state index in [0.717, 1.165) is 5.34 Å². The Bertz CT molecular complexity index is 231. The molecule has 0 atom stereocenters. The lowest BCUT2D eigenvalue weighted by Crippen LogP contribution is -2.23. The molecule has 5 nitrogen and oxygen atoms in total. The number of hydrogen-bond acceptors (Lipinski definition) is 3. The first-order chi connectivity index (χ1) is 5.24. The lowest BCUT2D eigenvalue weighted by atomic mass is 10.8. The minimum absolute atomic E-state index is 1.00. The molecule has 0 amide bonds. The summed E-state index contributed by atoms with van der Waals surface area (Å²) < 4.78 is 3.85. The number of aryl methyl sites for hydroxylation is 1. The molecule has 11 heavy (non-hydrogen) atoms. The summed E-state index contributed by atoms with van der Waals surface area (Å²) >= 11 is 0. The van der Waals surface area contributed by atoms with Gasteiger partial charge in [0, 0.05) is 0 Å². The maximum Gasteiger partial charge on any atom is 0.248 e. The molecule has 0 fully saturated rings. The van der Waals surface area contributed by atoms with Crippen LogP contribution in [0.25, 0.3) is 6.20 Å². The Morgan fingerprint density at radius 3 is 2.55 bits per heavy atom. The van der Waals surface area contributed by atoms with Gasteiger partial charge in [-0.1, -0.05) is 6.58 Å². The third kappa shape index (κ3) is 3.85. The zero-order valence-electron chi connectivity index (χ0n) is 6.17. The smallest absolute Gasteiger partial charge is 0.248 e. The molecule has 1 heterocycles. The molecule has 1 aromatic heterocycles. The predicted molar refractivity (Wildman–Crippen MR) is 41.2 cm³/mol. The van der Waals surface area contributed by atoms with Gasteiger partial charge < -0.3 is 10.1 Å². The molecule has 0 bridgehead atoms. The number of aromatic nitrogens is 2. The number of rotatable bonds is 1. The standard InChI is InChI=1S/C6H9N2.HNO2/c1-3-8-5-4-7(2)6-8;2-1-3/h3-6H,1H2,2H3;(H,2,3)/q+1;/p-1. The zero-order valence-corrected chi connectivity index (χ0v) is 6.17. The summed E-state index contributed by atoms with van der Waals surface area (Å²) in [6.07, 6.45) is 7.58. The quantitative estimate of drug-likeness (QED) is 0.340. The van der Waals surface area contributed by atoms with Crippen LogP contribution in [0.2, 0.25) is 0 Å². The summed E-state index contributed by atoms with van der Waals surface area (Å²) in [6, 6.07) is 0. The van der Waals surface area contributed by atoms with Crippen molar-refractivity contribution < 1.29 is 4.57 Å². The van der Waals surface area contributed by atoms with Crippen LogP contribution < -0.4 is 4.57 Å². The van der Waals surface area contributed by atoms with E-state index in [1.165, 1.54) is 0 Å². The first kappa shape index (κ1) is 9.35. The fraction of sp³-hybridized carbons (Fsp3) is 0.167. The molecule has 60 valence electrons. The van der Waals surface area contributed by atoms with Gasteiger partial charge in [0.1, 0.15) is 12.4 Å². The third-order valence-corrected chi connectivity index (χ3v) is 1.00. The van der Waals surface area contributed by atoms with Crippen LogP contribution in [0.4, 0.5) is 0 Å². The van der Waals surface area contributed by atoms with Crippen molar-refractivity contribution in [3.8, 4) is 0 Å². The first-order valence-corrected chi connectivity index (χ1v) is 2.84. The van der Waals surface area contributed by atoms with Crippen LogP contribution in [0.5, 0.6) is 0 Å². The van der Waals surface area contributed by atoms with E-state index < -0.39 is 0 Å². The van der Waals surface area contributed by atoms with Crippen molar-refractivity contribution in [2.24, 2.45) is 12.4 Å². The number of nitrogens with zero attached hydrogens (tertiary/aromatic N) is 3. The second-order valence-electron chi connectivity index (χ2n) is 1.78. The van der Waals surface area contributed by atoms with Crippen LogP contribution in [0.1, 0.15) is 0 Å². The lowest BCUT2D eigenvalue weighted by Gasteiger charge is -1.74. The van der Waals surface area contributed by atoms with Crippen LogP contribution >= 0.6 is 0 Å². The van der Waals surface area contributed by atoms with Gasteiger partial charge in [0.2, 0.25) is 6.33 Å². The minimum Gasteiger partial charge on any atom is -0.444 e. The van der Waals surface area contributed by atoms with E-state index >= 15 is 0 Å². The van der Waals surface area contributed by atoms with E-state index in [-0.39, 0.29) is 0 Å². The van der Waals surface area contributed by atoms with E-state index in [1.807, 2.05) is 34.9 Å². The van der Waals surface area contributed by atoms with Gasteiger partial charge in [-0.3, -0.25) is 0 Å². The Balaban J connectivity index is 0.000000292. The zero-order chi connectivity index (χ0) is 8.69. The molecular weight excluding hydrogens is 146 g/mol. The maximum atomic E-state index is 8.00. The highest BCUT2D eigenvalue weighted by Crippen LogP contribution is 1.79. The predicted octanol–water partition coefficient (Wildman–Crippen LogP) is 0.664. The van der Waals surface area contributed by atoms with E-state index in [1.54, 1.807) is 6.20 Å². The number of hydrogen-bond donors (Lipinski definition) is 0. The van der Waals surface area contributed by atoms with E-state index in [4.69, 9.17) is 10.1 Å². The monoisotopic (exact) mass is 155 g/mol. The SMILES string of the molecule is C=Cn1cc[n+](C)c1.O=N[O-]. The van der Waals surface area contributed by atoms with E-state index in [0.29, 0.717) is 0 Å². The van der Waals surface area contributed by atoms with Gasteiger partial charge in [0.05, 0.1) is 13.2 Å². The Morgan fingerprint density at radius 2 is 2.36 bits per heavy atom. The summed E-state index contributed by atoms with van der Waals surface area (Å²) in [7, 11) is 1.97. The molecule has 0 radical (unpaired) electrons. The van der Waals surface area contributed by atoms with Crippen molar-refractivity contribution in [3.05, 3.63) is 35.4 Å². The summed E-state index contributed by atoms with van der Waals surface area (Å²) in [5.41, 5.74) is 0. The maximum absolute atomic E-state index is 8.00. The largest absolute Gasteiger partial charge is 0.444 e. The Kier molecular flexibility index (Phi) is 4.39. The summed E-state index contributed by atoms with van der Waals surface area (Å²) in [6.45, 7) is 3.59. The normalized spacial score (nSPS) is 7.73. The third-order valence-electron chi connectivity index (χ3n) is 1.00. The average molecular weight is 155 g/mol. The molecule has 0 aliphatic rings. The molecule has 1 aromatic rings. The van der Waals surface area contributed by atoms with Crippen molar-refractivity contribution in [2.75, 3.05) is 0 Å². The first-order valence-electron chi connectivity index (χ1n) is 2.84. The Hall–Kier alpha value is -1.65. The van der Waals surface area contributed by atoms with Crippen LogP contribution in [-0.2, 0) is 7.05 Å². The molecular formula is C6H9N3O2. The fourth-order valence-corrected chi connectivity index (χ4v) is 0.577. The van der Waals surface area contributed by atoms with E-state index in [2.05, 4.69) is 6.58 Å². The molecule has 0 spiro atoms. The highest BCUT2D eigenvalue weighted by Gasteiger charge is 1.90. The molecule has 0 saturated heterocycles. The molecule has 0 aliphatic carbocycles. The molecule has 0 aromatic carbocycles. The van der Waals surface area contributed by atoms with Crippen molar-refractivity contribution in [1.29, 1.82) is 0 Å². The molecule has 0 N–H and O–H groups in total. The van der Waals surface area contributed by atoms with Gasteiger partial charge in [-0.15, -0.1) is 5.34 Å². The number of imidazole rings is 1. The average Bonchev–Trinajstić information content (AvgIpc) is 2.37. The molecule has 0 unspecified atom stereocenters. The summed E-state index contributed by atoms with van der Waals surface area (Å²) in [5.74, 6) is 0. The Morgan fingerprint density at radius 1 is 1.82 bits per heavy atom. The van der Waals surface area contributed by atoms with Crippen molar-refractivity contribution in [1.82, 2.24) is 4.57 Å². The van der Waals surface area contributed by atoms with Crippen molar-refractivity contribution in [2.45, 2.75) is 0 Å². The molecule has 1 rings (SSSR count). The van der Waals surface area contributed by atoms with Crippen LogP contribution in [0.15, 0.2) is 30.6 Å². The van der Waals surface area contributed by atoms with Crippen molar-refractivity contribution in [3.63, 3.8) is 0 Å².